The molecule has 0 aliphatic carbocycles. The maximum Gasteiger partial charge on any atom is 0.246 e. The van der Waals surface area contributed by atoms with Gasteiger partial charge in [-0.15, -0.1) is 0 Å². The van der Waals surface area contributed by atoms with Gasteiger partial charge in [0.05, 0.1) is 6.04 Å². The Morgan fingerprint density at radius 1 is 1.23 bits per heavy atom. The van der Waals surface area contributed by atoms with Crippen LogP contribution < -0.4 is 0 Å². The van der Waals surface area contributed by atoms with E-state index in [0.717, 1.165) is 16.7 Å². The molecule has 1 amide bonds. The van der Waals surface area contributed by atoms with Crippen LogP contribution in [0.3, 0.4) is 0 Å². The molecule has 0 N–H and O–H groups in total. The second-order valence-electron chi connectivity index (χ2n) is 7.78. The second kappa shape index (κ2) is 8.61. The third-order valence-electron chi connectivity index (χ3n) is 5.93. The molecule has 9 heteroatoms. The first kappa shape index (κ1) is 21.8. The number of pyridine rings is 1. The molecule has 164 valence electrons. The first-order valence-electron chi connectivity index (χ1n) is 10.1. The zero-order valence-electron chi connectivity index (χ0n) is 17.4. The first-order valence-corrected chi connectivity index (χ1v) is 12.0. The van der Waals surface area contributed by atoms with E-state index < -0.39 is 10.0 Å². The Labute approximate surface area is 186 Å². The molecule has 1 atom stereocenters. The van der Waals surface area contributed by atoms with E-state index in [0.29, 0.717) is 12.8 Å². The maximum atomic E-state index is 13.1. The van der Waals surface area contributed by atoms with E-state index in [1.807, 2.05) is 37.3 Å². The SMILES string of the molecule is CC(c1cc2ccccc2o1)N(C)C(=O)C1CCN(S(=O)(=O)c2cccnc2Cl)CC1. The molecule has 1 fully saturated rings. The van der Waals surface area contributed by atoms with Crippen molar-refractivity contribution in [1.82, 2.24) is 14.2 Å². The van der Waals surface area contributed by atoms with Crippen LogP contribution in [0, 0.1) is 5.92 Å². The Morgan fingerprint density at radius 2 is 1.94 bits per heavy atom. The van der Waals surface area contributed by atoms with Crippen molar-refractivity contribution in [2.45, 2.75) is 30.7 Å². The van der Waals surface area contributed by atoms with Gasteiger partial charge in [-0.3, -0.25) is 4.79 Å². The van der Waals surface area contributed by atoms with Gasteiger partial charge in [-0.1, -0.05) is 29.8 Å². The number of amides is 1. The summed E-state index contributed by atoms with van der Waals surface area (Å²) in [6, 6.07) is 12.5. The number of fused-ring (bicyclic) bond motifs is 1. The smallest absolute Gasteiger partial charge is 0.246 e. The van der Waals surface area contributed by atoms with Crippen LogP contribution in [0.25, 0.3) is 11.0 Å². The highest BCUT2D eigenvalue weighted by Gasteiger charge is 2.35. The fourth-order valence-electron chi connectivity index (χ4n) is 3.92. The highest BCUT2D eigenvalue weighted by molar-refractivity contribution is 7.89. The third kappa shape index (κ3) is 4.20. The van der Waals surface area contributed by atoms with Gasteiger partial charge in [-0.05, 0) is 44.0 Å². The number of carbonyl (C=O) groups is 1. The minimum atomic E-state index is -3.74. The number of halogens is 1. The molecule has 1 saturated heterocycles. The Morgan fingerprint density at radius 3 is 2.61 bits per heavy atom. The third-order valence-corrected chi connectivity index (χ3v) is 8.27. The van der Waals surface area contributed by atoms with Gasteiger partial charge in [0.25, 0.3) is 0 Å². The molecule has 3 heterocycles. The van der Waals surface area contributed by atoms with Crippen LogP contribution in [-0.4, -0.2) is 48.7 Å². The molecule has 1 unspecified atom stereocenters. The highest BCUT2D eigenvalue weighted by Crippen LogP contribution is 2.31. The standard InChI is InChI=1S/C22H24ClN3O4S/c1-15(19-14-17-6-3-4-7-18(17)30-19)25(2)22(27)16-9-12-26(13-10-16)31(28,29)20-8-5-11-24-21(20)23/h3-8,11,14-16H,9-10,12-13H2,1-2H3. The number of furan rings is 1. The lowest BCUT2D eigenvalue weighted by Crippen LogP contribution is -2.44. The van der Waals surface area contributed by atoms with Crippen molar-refractivity contribution in [2.24, 2.45) is 5.92 Å². The lowest BCUT2D eigenvalue weighted by molar-refractivity contribution is -0.137. The summed E-state index contributed by atoms with van der Waals surface area (Å²) in [4.78, 5) is 18.6. The number of benzene rings is 1. The quantitative estimate of drug-likeness (QED) is 0.534. The molecular weight excluding hydrogens is 438 g/mol. The Hall–Kier alpha value is -2.42. The van der Waals surface area contributed by atoms with Crippen molar-refractivity contribution in [3.05, 3.63) is 59.6 Å². The first-order chi connectivity index (χ1) is 14.8. The number of hydrogen-bond donors (Lipinski definition) is 0. The summed E-state index contributed by atoms with van der Waals surface area (Å²) in [6.45, 7) is 2.45. The van der Waals surface area contributed by atoms with Gasteiger partial charge < -0.3 is 9.32 Å². The van der Waals surface area contributed by atoms with Crippen LogP contribution in [0.15, 0.2) is 58.0 Å². The zero-order chi connectivity index (χ0) is 22.2. The van der Waals surface area contributed by atoms with Gasteiger partial charge in [0.1, 0.15) is 21.4 Å². The highest BCUT2D eigenvalue weighted by atomic mass is 35.5. The number of piperidine rings is 1. The summed E-state index contributed by atoms with van der Waals surface area (Å²) >= 11 is 5.98. The summed E-state index contributed by atoms with van der Waals surface area (Å²) < 4.78 is 33.1. The number of rotatable bonds is 5. The predicted molar refractivity (Wildman–Crippen MR) is 118 cm³/mol. The summed E-state index contributed by atoms with van der Waals surface area (Å²) in [5, 5.41) is 0.956. The molecular formula is C22H24ClN3O4S. The van der Waals surface area contributed by atoms with E-state index >= 15 is 0 Å². The van der Waals surface area contributed by atoms with Crippen LogP contribution in [0.2, 0.25) is 5.15 Å². The van der Waals surface area contributed by atoms with Gasteiger partial charge in [0, 0.05) is 37.6 Å². The largest absolute Gasteiger partial charge is 0.459 e. The Kier molecular flexibility index (Phi) is 6.05. The van der Waals surface area contributed by atoms with Gasteiger partial charge in [0.2, 0.25) is 15.9 Å². The van der Waals surface area contributed by atoms with Gasteiger partial charge in [-0.25, -0.2) is 13.4 Å². The number of sulfonamides is 1. The van der Waals surface area contributed by atoms with Crippen LogP contribution in [0.4, 0.5) is 0 Å². The van der Waals surface area contributed by atoms with E-state index in [-0.39, 0.29) is 41.0 Å². The molecule has 4 rings (SSSR count). The molecule has 0 saturated carbocycles. The number of para-hydroxylation sites is 1. The minimum absolute atomic E-state index is 0.00271. The van der Waals surface area contributed by atoms with Crippen LogP contribution in [-0.2, 0) is 14.8 Å². The van der Waals surface area contributed by atoms with Crippen molar-refractivity contribution in [3.8, 4) is 0 Å². The van der Waals surface area contributed by atoms with Crippen molar-refractivity contribution in [1.29, 1.82) is 0 Å². The van der Waals surface area contributed by atoms with E-state index in [9.17, 15) is 13.2 Å². The van der Waals surface area contributed by atoms with E-state index in [4.69, 9.17) is 16.0 Å². The lowest BCUT2D eigenvalue weighted by Gasteiger charge is -2.34. The molecule has 1 aliphatic heterocycles. The predicted octanol–water partition coefficient (Wildman–Crippen LogP) is 4.10. The van der Waals surface area contributed by atoms with Gasteiger partial charge >= 0.3 is 0 Å². The molecule has 3 aromatic rings. The second-order valence-corrected chi connectivity index (χ2v) is 10.0. The normalized spacial score (nSPS) is 17.0. The van der Waals surface area contributed by atoms with Crippen molar-refractivity contribution < 1.29 is 17.6 Å². The molecule has 1 aromatic carbocycles. The molecule has 2 aromatic heterocycles. The van der Waals surface area contributed by atoms with Crippen molar-refractivity contribution >= 4 is 38.5 Å². The van der Waals surface area contributed by atoms with Crippen molar-refractivity contribution in [3.63, 3.8) is 0 Å². The zero-order valence-corrected chi connectivity index (χ0v) is 18.9. The number of hydrogen-bond acceptors (Lipinski definition) is 5. The fraction of sp³-hybridized carbons (Fsp3) is 0.364. The molecule has 31 heavy (non-hydrogen) atoms. The monoisotopic (exact) mass is 461 g/mol. The fourth-order valence-corrected chi connectivity index (χ4v) is 5.82. The average molecular weight is 462 g/mol. The molecule has 7 nitrogen and oxygen atoms in total. The average Bonchev–Trinajstić information content (AvgIpc) is 3.22. The topological polar surface area (TPSA) is 83.7 Å². The number of nitrogens with zero attached hydrogens (tertiary/aromatic N) is 3. The summed E-state index contributed by atoms with van der Waals surface area (Å²) in [5.41, 5.74) is 0.790. The minimum Gasteiger partial charge on any atom is -0.459 e. The van der Waals surface area contributed by atoms with Crippen LogP contribution >= 0.6 is 11.6 Å². The van der Waals surface area contributed by atoms with E-state index in [2.05, 4.69) is 4.98 Å². The van der Waals surface area contributed by atoms with E-state index in [1.54, 1.807) is 18.0 Å². The van der Waals surface area contributed by atoms with Gasteiger partial charge in [-0.2, -0.15) is 4.31 Å². The van der Waals surface area contributed by atoms with Crippen LogP contribution in [0.5, 0.6) is 0 Å². The van der Waals surface area contributed by atoms with Crippen LogP contribution in [0.1, 0.15) is 31.6 Å². The summed E-state index contributed by atoms with van der Waals surface area (Å²) in [5.74, 6) is 0.473. The molecule has 1 aliphatic rings. The van der Waals surface area contributed by atoms with Crippen molar-refractivity contribution in [2.75, 3.05) is 20.1 Å². The number of aromatic nitrogens is 1. The maximum absolute atomic E-state index is 13.1. The summed E-state index contributed by atoms with van der Waals surface area (Å²) in [6.07, 6.45) is 2.35. The lowest BCUT2D eigenvalue weighted by atomic mass is 9.96. The summed E-state index contributed by atoms with van der Waals surface area (Å²) in [7, 11) is -1.97. The molecule has 0 radical (unpaired) electrons. The van der Waals surface area contributed by atoms with E-state index in [1.165, 1.54) is 16.6 Å². The molecule has 0 bridgehead atoms. The molecule has 0 spiro atoms. The number of carbonyl (C=O) groups excluding carboxylic acids is 1. The van der Waals surface area contributed by atoms with Gasteiger partial charge in [0.15, 0.2) is 0 Å². The Balaban J connectivity index is 1.42. The Bertz CT molecular complexity index is 1170.